The molecule has 190 valence electrons. The number of ether oxygens (including phenoxy) is 2. The van der Waals surface area contributed by atoms with Crippen LogP contribution in [0.4, 0.5) is 11.4 Å². The van der Waals surface area contributed by atoms with E-state index in [0.717, 1.165) is 11.3 Å². The van der Waals surface area contributed by atoms with Crippen LogP contribution in [0.5, 0.6) is 17.2 Å². The number of carbonyl (C=O) groups is 1. The first-order valence-corrected chi connectivity index (χ1v) is 11.6. The quantitative estimate of drug-likeness (QED) is 0.214. The Kier molecular flexibility index (Phi) is 6.44. The number of anilines is 1. The van der Waals surface area contributed by atoms with E-state index in [-0.39, 0.29) is 17.1 Å². The first-order valence-electron chi connectivity index (χ1n) is 11.6. The molecule has 5 aromatic rings. The summed E-state index contributed by atoms with van der Waals surface area (Å²) < 4.78 is 12.7. The van der Waals surface area contributed by atoms with E-state index in [1.807, 2.05) is 44.4 Å². The Hall–Kier alpha value is -5.25. The number of aryl methyl sites for hydroxylation is 2. The van der Waals surface area contributed by atoms with Crippen LogP contribution >= 0.6 is 0 Å². The van der Waals surface area contributed by atoms with Crippen LogP contribution in [0.1, 0.15) is 16.1 Å². The molecule has 5 rings (SSSR count). The maximum atomic E-state index is 13.5. The fourth-order valence-electron chi connectivity index (χ4n) is 4.15. The summed E-state index contributed by atoms with van der Waals surface area (Å²) in [5, 5.41) is 19.4. The third-order valence-electron chi connectivity index (χ3n) is 5.91. The van der Waals surface area contributed by atoms with Crippen LogP contribution in [-0.2, 0) is 7.05 Å². The van der Waals surface area contributed by atoms with Gasteiger partial charge >= 0.3 is 0 Å². The lowest BCUT2D eigenvalue weighted by Gasteiger charge is -2.12. The minimum Gasteiger partial charge on any atom is -0.497 e. The van der Waals surface area contributed by atoms with Crippen molar-refractivity contribution in [2.75, 3.05) is 12.4 Å². The molecule has 0 bridgehead atoms. The van der Waals surface area contributed by atoms with Gasteiger partial charge in [-0.2, -0.15) is 5.10 Å². The number of amides is 1. The number of rotatable bonds is 7. The van der Waals surface area contributed by atoms with Gasteiger partial charge in [0.05, 0.1) is 46.3 Å². The molecule has 0 aliphatic carbocycles. The van der Waals surface area contributed by atoms with E-state index in [1.54, 1.807) is 42.1 Å². The number of hydrogen-bond donors (Lipinski definition) is 1. The fourth-order valence-corrected chi connectivity index (χ4v) is 4.15. The lowest BCUT2D eigenvalue weighted by atomic mass is 10.0. The van der Waals surface area contributed by atoms with Crippen molar-refractivity contribution < 1.29 is 19.2 Å². The van der Waals surface area contributed by atoms with E-state index >= 15 is 0 Å². The number of hydrogen-bond acceptors (Lipinski definition) is 7. The molecule has 0 atom stereocenters. The lowest BCUT2D eigenvalue weighted by Crippen LogP contribution is -2.13. The number of fused-ring (bicyclic) bond motifs is 1. The number of non-ortho nitro benzene ring substituents is 1. The Morgan fingerprint density at radius 1 is 1.00 bits per heavy atom. The zero-order chi connectivity index (χ0) is 26.8. The molecule has 0 aliphatic rings. The summed E-state index contributed by atoms with van der Waals surface area (Å²) in [6.45, 7) is 1.87. The molecule has 1 N–H and O–H groups in total. The highest BCUT2D eigenvalue weighted by Crippen LogP contribution is 2.32. The Morgan fingerprint density at radius 3 is 2.42 bits per heavy atom. The molecule has 10 heteroatoms. The summed E-state index contributed by atoms with van der Waals surface area (Å²) in [6, 6.07) is 19.9. The number of nitro groups is 1. The number of para-hydroxylation sites is 1. The molecular weight excluding hydrogens is 486 g/mol. The van der Waals surface area contributed by atoms with Gasteiger partial charge in [0, 0.05) is 36.3 Å². The molecule has 2 aromatic heterocycles. The molecular formula is C28H23N5O5. The number of methoxy groups -OCH3 is 1. The lowest BCUT2D eigenvalue weighted by molar-refractivity contribution is -0.384. The second-order valence-electron chi connectivity index (χ2n) is 8.58. The van der Waals surface area contributed by atoms with Gasteiger partial charge in [0.2, 0.25) is 0 Å². The third kappa shape index (κ3) is 5.00. The number of nitro benzene ring substituents is 1. The Balaban J connectivity index is 1.51. The molecule has 2 heterocycles. The molecule has 0 fully saturated rings. The average Bonchev–Trinajstić information content (AvgIpc) is 3.25. The highest BCUT2D eigenvalue weighted by Gasteiger charge is 2.18. The average molecular weight is 510 g/mol. The first-order chi connectivity index (χ1) is 18.3. The molecule has 0 saturated carbocycles. The van der Waals surface area contributed by atoms with Crippen LogP contribution in [-0.4, -0.2) is 32.7 Å². The van der Waals surface area contributed by atoms with Crippen molar-refractivity contribution in [2.24, 2.45) is 7.05 Å². The van der Waals surface area contributed by atoms with Crippen molar-refractivity contribution in [2.45, 2.75) is 6.92 Å². The monoisotopic (exact) mass is 509 g/mol. The van der Waals surface area contributed by atoms with E-state index in [2.05, 4.69) is 10.4 Å². The summed E-state index contributed by atoms with van der Waals surface area (Å²) >= 11 is 0. The van der Waals surface area contributed by atoms with Crippen molar-refractivity contribution in [3.05, 3.63) is 100 Å². The van der Waals surface area contributed by atoms with E-state index in [1.165, 1.54) is 18.2 Å². The van der Waals surface area contributed by atoms with Crippen LogP contribution < -0.4 is 14.8 Å². The summed E-state index contributed by atoms with van der Waals surface area (Å²) in [5.41, 5.74) is 3.18. The predicted molar refractivity (Wildman–Crippen MR) is 143 cm³/mol. The highest BCUT2D eigenvalue weighted by molar-refractivity contribution is 6.13. The van der Waals surface area contributed by atoms with Gasteiger partial charge in [-0.25, -0.2) is 4.98 Å². The number of nitrogens with one attached hydrogen (secondary N) is 1. The van der Waals surface area contributed by atoms with Crippen molar-refractivity contribution in [3.8, 4) is 28.5 Å². The van der Waals surface area contributed by atoms with Crippen LogP contribution in [0.2, 0.25) is 0 Å². The van der Waals surface area contributed by atoms with Crippen molar-refractivity contribution >= 4 is 28.2 Å². The fraction of sp³-hybridized carbons (Fsp3) is 0.107. The second kappa shape index (κ2) is 10.0. The van der Waals surface area contributed by atoms with Gasteiger partial charge in [-0.3, -0.25) is 19.6 Å². The summed E-state index contributed by atoms with van der Waals surface area (Å²) in [6.07, 6.45) is 1.84. The first kappa shape index (κ1) is 24.4. The SMILES string of the molecule is COc1ccc(Oc2cc(NC(=O)c3cc(-c4cn(C)nc4C)nc4ccccc34)cc([N+](=O)[O-])c2)cc1. The standard InChI is InChI=1S/C28H23N5O5/c1-17-25(16-32(2)31-17)27-15-24(23-6-4-5-7-26(23)30-27)28(34)29-18-12-19(33(35)36)14-22(13-18)38-21-10-8-20(37-3)9-11-21/h4-16H,1-3H3,(H,29,34). The van der Waals surface area contributed by atoms with E-state index < -0.39 is 10.8 Å². The Bertz CT molecular complexity index is 1680. The van der Waals surface area contributed by atoms with E-state index in [9.17, 15) is 14.9 Å². The molecule has 1 amide bonds. The van der Waals surface area contributed by atoms with Gasteiger partial charge in [-0.15, -0.1) is 0 Å². The van der Waals surface area contributed by atoms with Crippen LogP contribution in [0.15, 0.2) is 79.0 Å². The summed E-state index contributed by atoms with van der Waals surface area (Å²) in [7, 11) is 3.37. The summed E-state index contributed by atoms with van der Waals surface area (Å²) in [5.74, 6) is 0.864. The number of benzene rings is 3. The minimum atomic E-state index is -0.540. The Labute approximate surface area is 217 Å². The van der Waals surface area contributed by atoms with Crippen LogP contribution in [0, 0.1) is 17.0 Å². The number of aromatic nitrogens is 3. The third-order valence-corrected chi connectivity index (χ3v) is 5.91. The van der Waals surface area contributed by atoms with Gasteiger partial charge in [0.25, 0.3) is 11.6 Å². The predicted octanol–water partition coefficient (Wildman–Crippen LogP) is 5.91. The molecule has 0 aliphatic heterocycles. The van der Waals surface area contributed by atoms with Gasteiger partial charge in [-0.1, -0.05) is 18.2 Å². The van der Waals surface area contributed by atoms with Crippen molar-refractivity contribution in [1.29, 1.82) is 0 Å². The maximum absolute atomic E-state index is 13.5. The van der Waals surface area contributed by atoms with Gasteiger partial charge in [0.1, 0.15) is 17.2 Å². The molecule has 38 heavy (non-hydrogen) atoms. The molecule has 0 radical (unpaired) electrons. The van der Waals surface area contributed by atoms with Gasteiger partial charge in [-0.05, 0) is 43.3 Å². The van der Waals surface area contributed by atoms with Gasteiger partial charge < -0.3 is 14.8 Å². The zero-order valence-corrected chi connectivity index (χ0v) is 20.8. The Morgan fingerprint density at radius 2 is 1.74 bits per heavy atom. The van der Waals surface area contributed by atoms with Gasteiger partial charge in [0.15, 0.2) is 0 Å². The maximum Gasteiger partial charge on any atom is 0.275 e. The number of nitrogens with zero attached hydrogens (tertiary/aromatic N) is 4. The molecule has 0 spiro atoms. The summed E-state index contributed by atoms with van der Waals surface area (Å²) in [4.78, 5) is 29.3. The van der Waals surface area contributed by atoms with E-state index in [0.29, 0.717) is 33.7 Å². The van der Waals surface area contributed by atoms with Crippen LogP contribution in [0.25, 0.3) is 22.2 Å². The normalized spacial score (nSPS) is 10.8. The molecule has 10 nitrogen and oxygen atoms in total. The van der Waals surface area contributed by atoms with Crippen molar-refractivity contribution in [1.82, 2.24) is 14.8 Å². The molecule has 0 saturated heterocycles. The zero-order valence-electron chi connectivity index (χ0n) is 20.8. The number of pyridine rings is 1. The number of carbonyl (C=O) groups excluding carboxylic acids is 1. The molecule has 3 aromatic carbocycles. The second-order valence-corrected chi connectivity index (χ2v) is 8.58. The van der Waals surface area contributed by atoms with Crippen LogP contribution in [0.3, 0.4) is 0 Å². The topological polar surface area (TPSA) is 121 Å². The van der Waals surface area contributed by atoms with E-state index in [4.69, 9.17) is 14.5 Å². The minimum absolute atomic E-state index is 0.200. The highest BCUT2D eigenvalue weighted by atomic mass is 16.6. The molecule has 0 unspecified atom stereocenters. The van der Waals surface area contributed by atoms with Crippen molar-refractivity contribution in [3.63, 3.8) is 0 Å². The smallest absolute Gasteiger partial charge is 0.275 e. The largest absolute Gasteiger partial charge is 0.497 e.